The highest BCUT2D eigenvalue weighted by molar-refractivity contribution is 6.36. The molecule has 0 fully saturated rings. The molecule has 0 N–H and O–H groups in total. The van der Waals surface area contributed by atoms with Gasteiger partial charge < -0.3 is 0 Å². The highest BCUT2D eigenvalue weighted by Crippen LogP contribution is 2.37. The summed E-state index contributed by atoms with van der Waals surface area (Å²) in [5.41, 5.74) is 0.209. The molecule has 23 heavy (non-hydrogen) atoms. The van der Waals surface area contributed by atoms with E-state index in [2.05, 4.69) is 4.98 Å². The highest BCUT2D eigenvalue weighted by Gasteiger charge is 2.31. The van der Waals surface area contributed by atoms with Gasteiger partial charge in [-0.25, -0.2) is 9.37 Å². The van der Waals surface area contributed by atoms with Crippen LogP contribution in [0.25, 0.3) is 22.2 Å². The Bertz CT molecular complexity index is 903. The molecule has 0 amide bonds. The summed E-state index contributed by atoms with van der Waals surface area (Å²) in [7, 11) is 0. The molecule has 1 nitrogen and oxygen atoms in total. The van der Waals surface area contributed by atoms with Crippen LogP contribution in [-0.2, 0) is 6.18 Å². The van der Waals surface area contributed by atoms with E-state index in [-0.39, 0.29) is 21.8 Å². The average Bonchev–Trinajstić information content (AvgIpc) is 2.50. The molecule has 0 saturated heterocycles. The average molecular weight is 340 g/mol. The Morgan fingerprint density at radius 2 is 1.74 bits per heavy atom. The first-order valence-corrected chi connectivity index (χ1v) is 7.09. The summed E-state index contributed by atoms with van der Waals surface area (Å²) in [6.45, 7) is 1.66. The summed E-state index contributed by atoms with van der Waals surface area (Å²) in [6.07, 6.45) is -4.48. The van der Waals surface area contributed by atoms with Crippen molar-refractivity contribution in [2.45, 2.75) is 13.1 Å². The molecule has 0 spiro atoms. The van der Waals surface area contributed by atoms with Gasteiger partial charge in [0.2, 0.25) is 0 Å². The maximum absolute atomic E-state index is 14.0. The number of halogens is 5. The number of hydrogen-bond acceptors (Lipinski definition) is 1. The summed E-state index contributed by atoms with van der Waals surface area (Å²) in [5, 5.41) is 0.666. The van der Waals surface area contributed by atoms with Crippen LogP contribution in [0.3, 0.4) is 0 Å². The van der Waals surface area contributed by atoms with Crippen LogP contribution >= 0.6 is 11.6 Å². The molecule has 0 unspecified atom stereocenters. The minimum Gasteiger partial charge on any atom is -0.247 e. The normalized spacial score (nSPS) is 11.9. The van der Waals surface area contributed by atoms with Gasteiger partial charge in [0, 0.05) is 10.9 Å². The third kappa shape index (κ3) is 2.77. The van der Waals surface area contributed by atoms with Gasteiger partial charge in [0.25, 0.3) is 0 Å². The molecule has 118 valence electrons. The minimum atomic E-state index is -4.48. The van der Waals surface area contributed by atoms with E-state index in [1.807, 2.05) is 0 Å². The number of hydrogen-bond donors (Lipinski definition) is 0. The van der Waals surface area contributed by atoms with Crippen molar-refractivity contribution >= 4 is 22.5 Å². The van der Waals surface area contributed by atoms with Crippen LogP contribution in [0.4, 0.5) is 17.6 Å². The fraction of sp³-hybridized carbons (Fsp3) is 0.118. The zero-order valence-corrected chi connectivity index (χ0v) is 12.6. The summed E-state index contributed by atoms with van der Waals surface area (Å²) >= 11 is 6.26. The fourth-order valence-electron chi connectivity index (χ4n) is 2.41. The van der Waals surface area contributed by atoms with E-state index in [9.17, 15) is 17.6 Å². The van der Waals surface area contributed by atoms with Gasteiger partial charge in [0.15, 0.2) is 0 Å². The van der Waals surface area contributed by atoms with Crippen LogP contribution < -0.4 is 0 Å². The van der Waals surface area contributed by atoms with E-state index in [1.54, 1.807) is 13.0 Å². The minimum absolute atomic E-state index is 0.0775. The van der Waals surface area contributed by atoms with Gasteiger partial charge >= 0.3 is 6.18 Å². The molecule has 0 saturated carbocycles. The van der Waals surface area contributed by atoms with Gasteiger partial charge in [-0.2, -0.15) is 13.2 Å². The molecule has 0 bridgehead atoms. The van der Waals surface area contributed by atoms with Crippen molar-refractivity contribution in [2.75, 3.05) is 0 Å². The molecular weight excluding hydrogens is 330 g/mol. The largest absolute Gasteiger partial charge is 0.416 e. The SMILES string of the molecule is Cc1c(-c2ccccc2F)nc2cc(C(F)(F)F)ccc2c1Cl. The predicted octanol–water partition coefficient (Wildman–Crippen LogP) is 6.02. The van der Waals surface area contributed by atoms with E-state index in [4.69, 9.17) is 11.6 Å². The van der Waals surface area contributed by atoms with Gasteiger partial charge in [0.05, 0.1) is 21.8 Å². The van der Waals surface area contributed by atoms with Crippen LogP contribution in [0, 0.1) is 12.7 Å². The molecule has 3 aromatic rings. The van der Waals surface area contributed by atoms with E-state index < -0.39 is 17.6 Å². The quantitative estimate of drug-likeness (QED) is 0.494. The van der Waals surface area contributed by atoms with Gasteiger partial charge in [0.1, 0.15) is 5.82 Å². The topological polar surface area (TPSA) is 12.9 Å². The smallest absolute Gasteiger partial charge is 0.247 e. The lowest BCUT2D eigenvalue weighted by Crippen LogP contribution is -2.05. The van der Waals surface area contributed by atoms with E-state index in [1.165, 1.54) is 24.3 Å². The standard InChI is InChI=1S/C17H10ClF4N/c1-9-15(18)12-7-6-10(17(20,21)22)8-14(12)23-16(9)11-4-2-3-5-13(11)19/h2-8H,1H3. The van der Waals surface area contributed by atoms with E-state index in [0.717, 1.165) is 12.1 Å². The zero-order valence-electron chi connectivity index (χ0n) is 11.9. The van der Waals surface area contributed by atoms with Crippen molar-refractivity contribution in [3.05, 3.63) is 64.4 Å². The Morgan fingerprint density at radius 1 is 1.04 bits per heavy atom. The van der Waals surface area contributed by atoms with Crippen LogP contribution in [0.15, 0.2) is 42.5 Å². The van der Waals surface area contributed by atoms with Crippen LogP contribution in [-0.4, -0.2) is 4.98 Å². The monoisotopic (exact) mass is 339 g/mol. The van der Waals surface area contributed by atoms with Crippen molar-refractivity contribution in [3.8, 4) is 11.3 Å². The molecule has 0 atom stereocenters. The number of fused-ring (bicyclic) bond motifs is 1. The number of aromatic nitrogens is 1. The number of benzene rings is 2. The number of pyridine rings is 1. The fourth-order valence-corrected chi connectivity index (χ4v) is 2.66. The summed E-state index contributed by atoms with van der Waals surface area (Å²) in [4.78, 5) is 4.22. The van der Waals surface area contributed by atoms with Crippen LogP contribution in [0.1, 0.15) is 11.1 Å². The second kappa shape index (κ2) is 5.49. The Kier molecular flexibility index (Phi) is 3.76. The third-order valence-corrected chi connectivity index (χ3v) is 4.09. The number of nitrogens with zero attached hydrogens (tertiary/aromatic N) is 1. The summed E-state index contributed by atoms with van der Waals surface area (Å²) in [5.74, 6) is -0.509. The predicted molar refractivity (Wildman–Crippen MR) is 81.9 cm³/mol. The van der Waals surface area contributed by atoms with Crippen molar-refractivity contribution in [1.29, 1.82) is 0 Å². The first-order valence-electron chi connectivity index (χ1n) is 6.71. The molecule has 0 aliphatic carbocycles. The van der Waals surface area contributed by atoms with Crippen molar-refractivity contribution < 1.29 is 17.6 Å². The lowest BCUT2D eigenvalue weighted by atomic mass is 10.0. The molecule has 3 rings (SSSR count). The van der Waals surface area contributed by atoms with Crippen LogP contribution in [0.5, 0.6) is 0 Å². The number of alkyl halides is 3. The summed E-state index contributed by atoms with van der Waals surface area (Å²) in [6, 6.07) is 9.10. The molecule has 0 aliphatic rings. The molecule has 6 heteroatoms. The van der Waals surface area contributed by atoms with E-state index in [0.29, 0.717) is 10.9 Å². The lowest BCUT2D eigenvalue weighted by molar-refractivity contribution is -0.137. The molecular formula is C17H10ClF4N. The molecule has 1 aromatic heterocycles. The van der Waals surface area contributed by atoms with E-state index >= 15 is 0 Å². The van der Waals surface area contributed by atoms with Gasteiger partial charge in [-0.3, -0.25) is 0 Å². The van der Waals surface area contributed by atoms with Crippen molar-refractivity contribution in [2.24, 2.45) is 0 Å². The molecule has 0 aliphatic heterocycles. The van der Waals surface area contributed by atoms with Gasteiger partial charge in [-0.1, -0.05) is 29.8 Å². The second-order valence-electron chi connectivity index (χ2n) is 5.11. The highest BCUT2D eigenvalue weighted by atomic mass is 35.5. The lowest BCUT2D eigenvalue weighted by Gasteiger charge is -2.13. The summed E-state index contributed by atoms with van der Waals surface area (Å²) < 4.78 is 52.6. The Morgan fingerprint density at radius 3 is 2.39 bits per heavy atom. The zero-order chi connectivity index (χ0) is 16.8. The molecule has 2 aromatic carbocycles. The molecule has 0 radical (unpaired) electrons. The maximum Gasteiger partial charge on any atom is 0.416 e. The Hall–Kier alpha value is -2.14. The third-order valence-electron chi connectivity index (χ3n) is 3.61. The Balaban J connectivity index is 2.32. The van der Waals surface area contributed by atoms with Gasteiger partial charge in [-0.15, -0.1) is 0 Å². The first kappa shape index (κ1) is 15.7. The maximum atomic E-state index is 14.0. The Labute approximate surface area is 134 Å². The second-order valence-corrected chi connectivity index (χ2v) is 5.49. The van der Waals surface area contributed by atoms with Gasteiger partial charge in [-0.05, 0) is 36.8 Å². The van der Waals surface area contributed by atoms with Crippen molar-refractivity contribution in [3.63, 3.8) is 0 Å². The first-order chi connectivity index (χ1) is 10.8. The van der Waals surface area contributed by atoms with Crippen LogP contribution in [0.2, 0.25) is 5.02 Å². The number of rotatable bonds is 1. The molecule has 1 heterocycles. The van der Waals surface area contributed by atoms with Crippen molar-refractivity contribution in [1.82, 2.24) is 4.98 Å².